The second-order valence-electron chi connectivity index (χ2n) is 9.82. The van der Waals surface area contributed by atoms with Crippen LogP contribution in [-0.2, 0) is 19.9 Å². The summed E-state index contributed by atoms with van der Waals surface area (Å²) in [6.45, 7) is 3.31. The van der Waals surface area contributed by atoms with Crippen LogP contribution in [0.2, 0.25) is 0 Å². The minimum atomic E-state index is -3.51. The summed E-state index contributed by atoms with van der Waals surface area (Å²) in [4.78, 5) is 8.32. The third kappa shape index (κ3) is 4.88. The van der Waals surface area contributed by atoms with Gasteiger partial charge in [0.05, 0.1) is 28.0 Å². The fourth-order valence-corrected chi connectivity index (χ4v) is 7.77. The number of rotatable bonds is 8. The van der Waals surface area contributed by atoms with Gasteiger partial charge in [-0.05, 0) is 62.6 Å². The van der Waals surface area contributed by atoms with Crippen molar-refractivity contribution in [1.82, 2.24) is 14.3 Å². The van der Waals surface area contributed by atoms with E-state index in [2.05, 4.69) is 15.3 Å². The van der Waals surface area contributed by atoms with Crippen molar-refractivity contribution in [3.05, 3.63) is 35.9 Å². The third-order valence-electron chi connectivity index (χ3n) is 7.37. The van der Waals surface area contributed by atoms with Crippen molar-refractivity contribution in [2.75, 3.05) is 31.3 Å². The van der Waals surface area contributed by atoms with Crippen LogP contribution in [-0.4, -0.2) is 62.3 Å². The minimum absolute atomic E-state index is 0.0902. The smallest absolute Gasteiger partial charge is 0.221 e. The van der Waals surface area contributed by atoms with Crippen LogP contribution in [0.3, 0.4) is 0 Å². The SMILES string of the molecule is Cc1c(Nc2ccc(S(C)(=O)=O)cc2F)ncnc1OCC1C2CCC1CN(S(=O)(=O)C1CC1)C2. The zero-order valence-electron chi connectivity index (χ0n) is 19.6. The Morgan fingerprint density at radius 1 is 1.09 bits per heavy atom. The van der Waals surface area contributed by atoms with Crippen LogP contribution in [0.25, 0.3) is 0 Å². The Balaban J connectivity index is 1.26. The summed E-state index contributed by atoms with van der Waals surface area (Å²) in [6, 6.07) is 3.66. The maximum absolute atomic E-state index is 14.5. The van der Waals surface area contributed by atoms with Crippen LogP contribution in [0.1, 0.15) is 31.2 Å². The van der Waals surface area contributed by atoms with Gasteiger partial charge in [0.2, 0.25) is 15.9 Å². The third-order valence-corrected chi connectivity index (χ3v) is 10.8. The molecular formula is C23H29FN4O5S2. The number of nitrogens with one attached hydrogen (secondary N) is 1. The predicted molar refractivity (Wildman–Crippen MR) is 128 cm³/mol. The average Bonchev–Trinajstić information content (AvgIpc) is 3.62. The Morgan fingerprint density at radius 3 is 2.37 bits per heavy atom. The van der Waals surface area contributed by atoms with Crippen LogP contribution < -0.4 is 10.1 Å². The molecule has 2 heterocycles. The first-order chi connectivity index (χ1) is 16.5. The Hall–Kier alpha value is -2.31. The van der Waals surface area contributed by atoms with Crippen molar-refractivity contribution >= 4 is 31.4 Å². The number of anilines is 2. The van der Waals surface area contributed by atoms with E-state index < -0.39 is 25.7 Å². The molecule has 35 heavy (non-hydrogen) atoms. The number of nitrogens with zero attached hydrogens (tertiary/aromatic N) is 3. The fraction of sp³-hybridized carbons (Fsp3) is 0.565. The van der Waals surface area contributed by atoms with Crippen LogP contribution in [0.15, 0.2) is 29.4 Å². The number of sulfone groups is 1. The lowest BCUT2D eigenvalue weighted by Gasteiger charge is -2.37. The second kappa shape index (κ2) is 8.97. The van der Waals surface area contributed by atoms with Crippen molar-refractivity contribution in [3.63, 3.8) is 0 Å². The molecule has 0 spiro atoms. The highest BCUT2D eigenvalue weighted by atomic mass is 32.2. The maximum atomic E-state index is 14.5. The van der Waals surface area contributed by atoms with E-state index in [9.17, 15) is 21.2 Å². The maximum Gasteiger partial charge on any atom is 0.221 e. The molecule has 2 aliphatic carbocycles. The van der Waals surface area contributed by atoms with E-state index in [1.165, 1.54) is 18.5 Å². The topological polar surface area (TPSA) is 119 Å². The number of sulfonamides is 1. The number of benzene rings is 1. The minimum Gasteiger partial charge on any atom is -0.477 e. The average molecular weight is 525 g/mol. The van der Waals surface area contributed by atoms with Gasteiger partial charge in [0.25, 0.3) is 0 Å². The van der Waals surface area contributed by atoms with Gasteiger partial charge in [0.15, 0.2) is 9.84 Å². The largest absolute Gasteiger partial charge is 0.477 e. The van der Waals surface area contributed by atoms with E-state index in [4.69, 9.17) is 4.74 Å². The molecule has 1 N–H and O–H groups in total. The number of hydrogen-bond acceptors (Lipinski definition) is 8. The number of ether oxygens (including phenoxy) is 1. The second-order valence-corrected chi connectivity index (χ2v) is 14.1. The molecule has 190 valence electrons. The molecule has 5 rings (SSSR count). The van der Waals surface area contributed by atoms with E-state index >= 15 is 0 Å². The van der Waals surface area contributed by atoms with Crippen LogP contribution in [0, 0.1) is 30.5 Å². The number of hydrogen-bond donors (Lipinski definition) is 1. The summed E-state index contributed by atoms with van der Waals surface area (Å²) in [6.07, 6.45) is 5.88. The molecule has 0 radical (unpaired) electrons. The van der Waals surface area contributed by atoms with Crippen LogP contribution in [0.4, 0.5) is 15.9 Å². The van der Waals surface area contributed by atoms with Gasteiger partial charge in [-0.25, -0.2) is 35.5 Å². The van der Waals surface area contributed by atoms with Gasteiger partial charge in [0.1, 0.15) is 18.0 Å². The molecule has 3 aliphatic rings. The summed E-state index contributed by atoms with van der Waals surface area (Å²) >= 11 is 0. The normalized spacial score (nSPS) is 24.9. The van der Waals surface area contributed by atoms with Gasteiger partial charge in [-0.15, -0.1) is 0 Å². The molecule has 1 saturated heterocycles. The molecule has 1 aromatic heterocycles. The standard InChI is InChI=1S/C23H29FN4O5S2/c1-14-22(27-21-8-7-18(9-20(21)24)34(2,29)30)25-13-26-23(14)33-12-19-15-3-4-16(19)11-28(10-15)35(31,32)17-5-6-17/h7-9,13,15-17,19H,3-6,10-12H2,1-2H3,(H,25,26,27). The molecule has 2 bridgehead atoms. The van der Waals surface area contributed by atoms with Gasteiger partial charge in [-0.1, -0.05) is 0 Å². The van der Waals surface area contributed by atoms with E-state index in [1.54, 1.807) is 11.2 Å². The molecular weight excluding hydrogens is 495 g/mol. The highest BCUT2D eigenvalue weighted by molar-refractivity contribution is 7.90. The van der Waals surface area contributed by atoms with Crippen molar-refractivity contribution in [1.29, 1.82) is 0 Å². The van der Waals surface area contributed by atoms with Gasteiger partial charge >= 0.3 is 0 Å². The van der Waals surface area contributed by atoms with Crippen molar-refractivity contribution in [2.24, 2.45) is 17.8 Å². The Labute approximate surface area is 205 Å². The van der Waals surface area contributed by atoms with Gasteiger partial charge in [0, 0.05) is 25.3 Å². The first kappa shape index (κ1) is 24.4. The van der Waals surface area contributed by atoms with Crippen molar-refractivity contribution < 1.29 is 26.0 Å². The molecule has 3 fully saturated rings. The van der Waals surface area contributed by atoms with Gasteiger partial charge < -0.3 is 10.1 Å². The summed E-state index contributed by atoms with van der Waals surface area (Å²) < 4.78 is 71.0. The van der Waals surface area contributed by atoms with E-state index in [1.807, 2.05) is 0 Å². The fourth-order valence-electron chi connectivity index (χ4n) is 5.18. The number of halogens is 1. The molecule has 2 saturated carbocycles. The van der Waals surface area contributed by atoms with Crippen molar-refractivity contribution in [3.8, 4) is 5.88 Å². The Bertz CT molecular complexity index is 1330. The molecule has 0 amide bonds. The number of fused-ring (bicyclic) bond motifs is 2. The summed E-state index contributed by atoms with van der Waals surface area (Å²) in [5.74, 6) is 0.816. The Morgan fingerprint density at radius 2 is 1.77 bits per heavy atom. The number of aromatic nitrogens is 2. The lowest BCUT2D eigenvalue weighted by atomic mass is 9.87. The van der Waals surface area contributed by atoms with Crippen LogP contribution >= 0.6 is 0 Å². The molecule has 2 unspecified atom stereocenters. The summed E-state index contributed by atoms with van der Waals surface area (Å²) in [7, 11) is -6.68. The lowest BCUT2D eigenvalue weighted by Crippen LogP contribution is -2.47. The molecule has 2 atom stereocenters. The van der Waals surface area contributed by atoms with E-state index in [0.29, 0.717) is 37.0 Å². The zero-order valence-corrected chi connectivity index (χ0v) is 21.3. The quantitative estimate of drug-likeness (QED) is 0.560. The highest BCUT2D eigenvalue weighted by Gasteiger charge is 2.49. The van der Waals surface area contributed by atoms with E-state index in [-0.39, 0.29) is 33.6 Å². The zero-order chi connectivity index (χ0) is 25.0. The number of piperidine rings is 1. The lowest BCUT2D eigenvalue weighted by molar-refractivity contribution is 0.112. The molecule has 2 aromatic rings. The summed E-state index contributed by atoms with van der Waals surface area (Å²) in [5, 5.41) is 2.71. The first-order valence-corrected chi connectivity index (χ1v) is 15.1. The van der Waals surface area contributed by atoms with Crippen molar-refractivity contribution in [2.45, 2.75) is 42.8 Å². The van der Waals surface area contributed by atoms with Crippen LogP contribution in [0.5, 0.6) is 5.88 Å². The van der Waals surface area contributed by atoms with Gasteiger partial charge in [-0.3, -0.25) is 0 Å². The highest BCUT2D eigenvalue weighted by Crippen LogP contribution is 2.45. The first-order valence-electron chi connectivity index (χ1n) is 11.7. The predicted octanol–water partition coefficient (Wildman–Crippen LogP) is 2.90. The summed E-state index contributed by atoms with van der Waals surface area (Å²) in [5.41, 5.74) is 0.688. The molecule has 9 nitrogen and oxygen atoms in total. The molecule has 1 aromatic carbocycles. The monoisotopic (exact) mass is 524 g/mol. The van der Waals surface area contributed by atoms with Gasteiger partial charge in [-0.2, -0.15) is 0 Å². The molecule has 1 aliphatic heterocycles. The molecule has 12 heteroatoms. The van der Waals surface area contributed by atoms with E-state index in [0.717, 1.165) is 38.0 Å². The Kier molecular flexibility index (Phi) is 6.25.